The second kappa shape index (κ2) is 13.2. The molecule has 14 heteroatoms. The van der Waals surface area contributed by atoms with Crippen LogP contribution in [0.3, 0.4) is 0 Å². The van der Waals surface area contributed by atoms with Gasteiger partial charge in [-0.05, 0) is 50.7 Å². The third-order valence-electron chi connectivity index (χ3n) is 9.23. The summed E-state index contributed by atoms with van der Waals surface area (Å²) in [6.07, 6.45) is 8.35. The largest absolute Gasteiger partial charge is 0.474 e. The van der Waals surface area contributed by atoms with Gasteiger partial charge in [0.1, 0.15) is 24.0 Å². The molecule has 3 fully saturated rings. The van der Waals surface area contributed by atoms with Crippen LogP contribution in [0.15, 0.2) is 35.4 Å². The lowest BCUT2D eigenvalue weighted by atomic mass is 9.93. The van der Waals surface area contributed by atoms with E-state index in [0.717, 1.165) is 55.5 Å². The van der Waals surface area contributed by atoms with Crippen molar-refractivity contribution < 1.29 is 20.4 Å². The Labute approximate surface area is 268 Å². The number of rotatable bonds is 8. The van der Waals surface area contributed by atoms with Crippen molar-refractivity contribution in [3.8, 4) is 5.88 Å². The molecule has 14 nitrogen and oxygen atoms in total. The van der Waals surface area contributed by atoms with Gasteiger partial charge in [-0.3, -0.25) is 18.9 Å². The quantitative estimate of drug-likeness (QED) is 0.306. The summed E-state index contributed by atoms with van der Waals surface area (Å²) in [6, 6.07) is 6.07. The van der Waals surface area contributed by atoms with Gasteiger partial charge < -0.3 is 29.3 Å². The third kappa shape index (κ3) is 6.23. The second-order valence-electron chi connectivity index (χ2n) is 12.5. The maximum Gasteiger partial charge on any atom is 0.331 e. The fourth-order valence-corrected chi connectivity index (χ4v) is 6.57. The topological polar surface area (TPSA) is 142 Å². The summed E-state index contributed by atoms with van der Waals surface area (Å²) in [5.41, 5.74) is 1.74. The number of likely N-dealkylation sites (N-methyl/N-ethyl adjacent to an activating group) is 1. The smallest absolute Gasteiger partial charge is 0.331 e. The number of hydrogen-bond donors (Lipinski definition) is 1. The van der Waals surface area contributed by atoms with Crippen LogP contribution in [0.5, 0.6) is 5.88 Å². The van der Waals surface area contributed by atoms with Crippen molar-refractivity contribution >= 4 is 39.7 Å². The number of amides is 1. The first-order chi connectivity index (χ1) is 22.4. The number of morpholine rings is 1. The highest BCUT2D eigenvalue weighted by molar-refractivity contribution is 5.86. The predicted octanol–water partition coefficient (Wildman–Crippen LogP) is 2.86. The van der Waals surface area contributed by atoms with E-state index in [2.05, 4.69) is 20.2 Å². The molecule has 0 spiro atoms. The van der Waals surface area contributed by atoms with Gasteiger partial charge >= 0.3 is 5.69 Å². The molecule has 4 aromatic rings. The Balaban J connectivity index is 0.00000386. The minimum atomic E-state index is -0.241. The molecule has 7 rings (SSSR count). The van der Waals surface area contributed by atoms with Crippen molar-refractivity contribution in [2.45, 2.75) is 63.3 Å². The number of pyridine rings is 2. The number of nitrogens with zero attached hydrogens (tertiary/aromatic N) is 8. The lowest BCUT2D eigenvalue weighted by Gasteiger charge is -2.31. The highest BCUT2D eigenvalue weighted by Crippen LogP contribution is 2.32. The SMILES string of the molecule is CN(C)C(=O)Cn1c(=O)n(C2CCOCC2)c2nc(NC3CCC(Oc4nc(N5CCOCC5)cc5ncccc45)CC3)ncc21.[HH]. The van der Waals surface area contributed by atoms with Crippen molar-refractivity contribution in [2.24, 2.45) is 0 Å². The van der Waals surface area contributed by atoms with Crippen LogP contribution in [-0.4, -0.2) is 106 Å². The van der Waals surface area contributed by atoms with Crippen molar-refractivity contribution in [3.63, 3.8) is 0 Å². The van der Waals surface area contributed by atoms with Crippen molar-refractivity contribution in [1.29, 1.82) is 0 Å². The Morgan fingerprint density at radius 3 is 2.57 bits per heavy atom. The van der Waals surface area contributed by atoms with E-state index in [1.165, 1.54) is 9.47 Å². The van der Waals surface area contributed by atoms with Crippen LogP contribution in [0.25, 0.3) is 22.1 Å². The number of hydrogen-bond acceptors (Lipinski definition) is 11. The van der Waals surface area contributed by atoms with Gasteiger partial charge in [0.25, 0.3) is 0 Å². The molecule has 0 aromatic carbocycles. The maximum absolute atomic E-state index is 13.6. The number of aromatic nitrogens is 6. The van der Waals surface area contributed by atoms with E-state index in [1.807, 2.05) is 18.2 Å². The molecule has 0 radical (unpaired) electrons. The monoisotopic (exact) mass is 633 g/mol. The maximum atomic E-state index is 13.6. The minimum absolute atomic E-state index is 0. The highest BCUT2D eigenvalue weighted by atomic mass is 16.5. The van der Waals surface area contributed by atoms with Crippen LogP contribution >= 0.6 is 0 Å². The second-order valence-corrected chi connectivity index (χ2v) is 12.5. The van der Waals surface area contributed by atoms with Gasteiger partial charge in [0.05, 0.1) is 30.3 Å². The van der Waals surface area contributed by atoms with Crippen molar-refractivity contribution in [3.05, 3.63) is 41.1 Å². The number of ether oxygens (including phenoxy) is 3. The molecule has 4 aromatic heterocycles. The molecule has 0 bridgehead atoms. The van der Waals surface area contributed by atoms with Gasteiger partial charge in [0.15, 0.2) is 5.65 Å². The summed E-state index contributed by atoms with van der Waals surface area (Å²) in [4.78, 5) is 48.8. The zero-order chi connectivity index (χ0) is 31.6. The van der Waals surface area contributed by atoms with Gasteiger partial charge in [-0.2, -0.15) is 9.97 Å². The van der Waals surface area contributed by atoms with E-state index >= 15 is 0 Å². The zero-order valence-corrected chi connectivity index (χ0v) is 26.4. The van der Waals surface area contributed by atoms with Gasteiger partial charge in [0, 0.05) is 66.2 Å². The molecule has 2 aliphatic heterocycles. The Morgan fingerprint density at radius 1 is 1.04 bits per heavy atom. The molecule has 0 atom stereocenters. The fraction of sp³-hybridized carbons (Fsp3) is 0.562. The van der Waals surface area contributed by atoms with E-state index in [4.69, 9.17) is 24.2 Å². The number of carbonyl (C=O) groups excluding carboxylic acids is 1. The molecule has 1 N–H and O–H groups in total. The summed E-state index contributed by atoms with van der Waals surface area (Å²) >= 11 is 0. The van der Waals surface area contributed by atoms with Gasteiger partial charge in [-0.1, -0.05) is 0 Å². The van der Waals surface area contributed by atoms with Crippen LogP contribution in [0.2, 0.25) is 0 Å². The van der Waals surface area contributed by atoms with Crippen LogP contribution in [0.4, 0.5) is 11.8 Å². The molecule has 0 unspecified atom stereocenters. The fourth-order valence-electron chi connectivity index (χ4n) is 6.57. The normalized spacial score (nSPS) is 21.0. The molecule has 3 aliphatic rings. The summed E-state index contributed by atoms with van der Waals surface area (Å²) in [7, 11) is 3.36. The standard InChI is InChI=1S/C32H41N9O5.H2/c1-38(2)28(42)20-40-26-19-34-31(37-29(26)41(32(40)43)22-9-14-44-15-10-22)35-21-5-7-23(8-6-21)46-30-24-4-3-11-33-25(24)18-27(36-30)39-12-16-45-17-13-39;/h3-4,11,18-19,21-23H,5-10,12-17,20H2,1-2H3,(H,34,35,37);1H. The molecular weight excluding hydrogens is 590 g/mol. The van der Waals surface area contributed by atoms with Crippen LogP contribution < -0.4 is 20.6 Å². The molecule has 2 saturated heterocycles. The minimum Gasteiger partial charge on any atom is -0.474 e. The molecule has 1 aliphatic carbocycles. The number of carbonyl (C=O) groups is 1. The number of anilines is 2. The summed E-state index contributed by atoms with van der Waals surface area (Å²) in [6.45, 7) is 4.05. The van der Waals surface area contributed by atoms with E-state index in [1.54, 1.807) is 31.1 Å². The molecule has 1 saturated carbocycles. The Kier molecular flexibility index (Phi) is 8.71. The van der Waals surface area contributed by atoms with Crippen LogP contribution in [-0.2, 0) is 20.8 Å². The number of imidazole rings is 1. The number of nitrogens with one attached hydrogen (secondary N) is 1. The van der Waals surface area contributed by atoms with E-state index < -0.39 is 0 Å². The summed E-state index contributed by atoms with van der Waals surface area (Å²) in [5, 5.41) is 4.42. The lowest BCUT2D eigenvalue weighted by Crippen LogP contribution is -2.37. The first-order valence-electron chi connectivity index (χ1n) is 16.2. The van der Waals surface area contributed by atoms with E-state index in [0.29, 0.717) is 62.3 Å². The lowest BCUT2D eigenvalue weighted by molar-refractivity contribution is -0.129. The molecule has 6 heterocycles. The molecule has 246 valence electrons. The van der Waals surface area contributed by atoms with E-state index in [9.17, 15) is 9.59 Å². The summed E-state index contributed by atoms with van der Waals surface area (Å²) < 4.78 is 20.9. The third-order valence-corrected chi connectivity index (χ3v) is 9.23. The van der Waals surface area contributed by atoms with Gasteiger partial charge in [-0.15, -0.1) is 0 Å². The molecular formula is C32H43N9O5. The first-order valence-corrected chi connectivity index (χ1v) is 16.2. The molecule has 1 amide bonds. The van der Waals surface area contributed by atoms with E-state index in [-0.39, 0.29) is 37.8 Å². The number of fused-ring (bicyclic) bond motifs is 2. The predicted molar refractivity (Wildman–Crippen MR) is 175 cm³/mol. The van der Waals surface area contributed by atoms with Crippen molar-refractivity contribution in [1.82, 2.24) is 34.0 Å². The van der Waals surface area contributed by atoms with Crippen LogP contribution in [0, 0.1) is 0 Å². The van der Waals surface area contributed by atoms with Gasteiger partial charge in [-0.25, -0.2) is 9.78 Å². The first kappa shape index (κ1) is 30.4. The Morgan fingerprint density at radius 2 is 1.80 bits per heavy atom. The zero-order valence-electron chi connectivity index (χ0n) is 26.4. The van der Waals surface area contributed by atoms with Crippen LogP contribution in [0.1, 0.15) is 46.0 Å². The Bertz CT molecular complexity index is 1760. The average molecular weight is 634 g/mol. The van der Waals surface area contributed by atoms with Crippen molar-refractivity contribution in [2.75, 3.05) is 63.8 Å². The average Bonchev–Trinajstić information content (AvgIpc) is 3.36. The molecule has 46 heavy (non-hydrogen) atoms. The van der Waals surface area contributed by atoms with Gasteiger partial charge in [0.2, 0.25) is 17.7 Å². The Hall–Kier alpha value is -4.30. The summed E-state index contributed by atoms with van der Waals surface area (Å²) in [5.74, 6) is 1.81. The highest BCUT2D eigenvalue weighted by Gasteiger charge is 2.28.